The van der Waals surface area contributed by atoms with Gasteiger partial charge in [0.05, 0.1) is 10.6 Å². The number of thioether (sulfide) groups is 1. The molecule has 0 saturated heterocycles. The molecule has 1 aromatic heterocycles. The van der Waals surface area contributed by atoms with E-state index < -0.39 is 0 Å². The quantitative estimate of drug-likeness (QED) is 0.851. The van der Waals surface area contributed by atoms with E-state index in [-0.39, 0.29) is 5.91 Å². The van der Waals surface area contributed by atoms with E-state index in [1.165, 1.54) is 5.56 Å². The molecule has 0 unspecified atom stereocenters. The van der Waals surface area contributed by atoms with Crippen molar-refractivity contribution in [2.24, 2.45) is 0 Å². The molecule has 0 aliphatic carbocycles. The van der Waals surface area contributed by atoms with Gasteiger partial charge in [0.2, 0.25) is 0 Å². The van der Waals surface area contributed by atoms with Gasteiger partial charge in [0.1, 0.15) is 0 Å². The van der Waals surface area contributed by atoms with E-state index >= 15 is 0 Å². The molecule has 0 atom stereocenters. The smallest absolute Gasteiger partial charge is 0.252 e. The highest BCUT2D eigenvalue weighted by atomic mass is 32.2. The number of rotatable bonds is 5. The second-order valence-corrected chi connectivity index (χ2v) is 4.91. The molecule has 98 valence electrons. The van der Waals surface area contributed by atoms with Crippen molar-refractivity contribution >= 4 is 17.7 Å². The third-order valence-corrected chi connectivity index (χ3v) is 3.41. The Bertz CT molecular complexity index is 526. The molecule has 0 aliphatic rings. The molecular weight excluding hydrogens is 256 g/mol. The summed E-state index contributed by atoms with van der Waals surface area (Å²) >= 11 is 1.56. The number of hydrogen-bond donors (Lipinski definition) is 1. The number of carbonyl (C=O) groups excluding carboxylic acids is 1. The number of carbonyl (C=O) groups is 1. The maximum absolute atomic E-state index is 11.9. The van der Waals surface area contributed by atoms with Crippen molar-refractivity contribution < 1.29 is 4.79 Å². The second kappa shape index (κ2) is 6.95. The number of nitrogens with one attached hydrogen (secondary N) is 1. The van der Waals surface area contributed by atoms with E-state index in [9.17, 15) is 4.79 Å². The molecule has 4 heteroatoms. The van der Waals surface area contributed by atoms with Gasteiger partial charge in [0, 0.05) is 12.7 Å². The van der Waals surface area contributed by atoms with Crippen LogP contribution in [0.1, 0.15) is 15.9 Å². The first-order valence-electron chi connectivity index (χ1n) is 6.12. The monoisotopic (exact) mass is 272 g/mol. The van der Waals surface area contributed by atoms with Crippen LogP contribution in [0.2, 0.25) is 0 Å². The van der Waals surface area contributed by atoms with E-state index in [4.69, 9.17) is 0 Å². The molecule has 1 aromatic carbocycles. The van der Waals surface area contributed by atoms with Crippen molar-refractivity contribution in [2.45, 2.75) is 11.4 Å². The van der Waals surface area contributed by atoms with Crippen LogP contribution in [0, 0.1) is 0 Å². The maximum atomic E-state index is 11.9. The van der Waals surface area contributed by atoms with Crippen LogP contribution < -0.4 is 5.32 Å². The van der Waals surface area contributed by atoms with Crippen LogP contribution in [0.4, 0.5) is 0 Å². The predicted molar refractivity (Wildman–Crippen MR) is 78.5 cm³/mol. The van der Waals surface area contributed by atoms with Gasteiger partial charge in [-0.15, -0.1) is 11.8 Å². The fourth-order valence-electron chi connectivity index (χ4n) is 1.70. The fraction of sp³-hybridized carbons (Fsp3) is 0.200. The lowest BCUT2D eigenvalue weighted by molar-refractivity contribution is 0.0953. The highest BCUT2D eigenvalue weighted by molar-refractivity contribution is 7.98. The summed E-state index contributed by atoms with van der Waals surface area (Å²) in [6.07, 6.45) is 4.41. The Morgan fingerprint density at radius 2 is 2.00 bits per heavy atom. The highest BCUT2D eigenvalue weighted by Gasteiger charge is 2.05. The fourth-order valence-corrected chi connectivity index (χ4v) is 2.06. The first kappa shape index (κ1) is 13.6. The van der Waals surface area contributed by atoms with Gasteiger partial charge < -0.3 is 5.32 Å². The number of pyridine rings is 1. The summed E-state index contributed by atoms with van der Waals surface area (Å²) < 4.78 is 0. The summed E-state index contributed by atoms with van der Waals surface area (Å²) in [5, 5.41) is 3.82. The first-order valence-corrected chi connectivity index (χ1v) is 7.34. The first-order chi connectivity index (χ1) is 9.29. The van der Waals surface area contributed by atoms with Gasteiger partial charge in [0.15, 0.2) is 0 Å². The van der Waals surface area contributed by atoms with Gasteiger partial charge in [-0.25, -0.2) is 4.98 Å². The van der Waals surface area contributed by atoms with E-state index in [0.717, 1.165) is 11.4 Å². The molecule has 0 radical (unpaired) electrons. The van der Waals surface area contributed by atoms with Gasteiger partial charge in [-0.05, 0) is 30.4 Å². The molecule has 0 bridgehead atoms. The molecule has 19 heavy (non-hydrogen) atoms. The molecule has 0 saturated carbocycles. The lowest BCUT2D eigenvalue weighted by Gasteiger charge is -2.05. The summed E-state index contributed by atoms with van der Waals surface area (Å²) in [5.74, 6) is -0.0731. The minimum atomic E-state index is -0.0731. The Kier molecular flexibility index (Phi) is 4.98. The van der Waals surface area contributed by atoms with Gasteiger partial charge in [-0.2, -0.15) is 0 Å². The van der Waals surface area contributed by atoms with Gasteiger partial charge >= 0.3 is 0 Å². The molecule has 2 rings (SSSR count). The van der Waals surface area contributed by atoms with Crippen LogP contribution in [0.3, 0.4) is 0 Å². The average molecular weight is 272 g/mol. The van der Waals surface area contributed by atoms with E-state index in [0.29, 0.717) is 12.1 Å². The minimum Gasteiger partial charge on any atom is -0.352 e. The number of aromatic nitrogens is 1. The Labute approximate surface area is 117 Å². The molecule has 0 spiro atoms. The summed E-state index contributed by atoms with van der Waals surface area (Å²) in [6, 6.07) is 13.8. The molecule has 1 heterocycles. The molecule has 2 aromatic rings. The summed E-state index contributed by atoms with van der Waals surface area (Å²) in [5.41, 5.74) is 1.82. The van der Waals surface area contributed by atoms with Gasteiger partial charge in [-0.1, -0.05) is 30.3 Å². The Hall–Kier alpha value is -1.81. The van der Waals surface area contributed by atoms with Crippen molar-refractivity contribution in [2.75, 3.05) is 12.8 Å². The van der Waals surface area contributed by atoms with Crippen LogP contribution >= 0.6 is 11.8 Å². The van der Waals surface area contributed by atoms with Crippen LogP contribution in [0.25, 0.3) is 0 Å². The highest BCUT2D eigenvalue weighted by Crippen LogP contribution is 2.10. The second-order valence-electron chi connectivity index (χ2n) is 4.08. The van der Waals surface area contributed by atoms with E-state index in [2.05, 4.69) is 22.4 Å². The molecule has 1 N–H and O–H groups in total. The molecule has 0 aliphatic heterocycles. The Morgan fingerprint density at radius 3 is 2.63 bits per heavy atom. The van der Waals surface area contributed by atoms with Crippen LogP contribution in [-0.4, -0.2) is 23.7 Å². The van der Waals surface area contributed by atoms with E-state index in [1.54, 1.807) is 24.0 Å². The number of hydrogen-bond acceptors (Lipinski definition) is 3. The van der Waals surface area contributed by atoms with Crippen molar-refractivity contribution in [1.82, 2.24) is 10.3 Å². The maximum Gasteiger partial charge on any atom is 0.252 e. The van der Waals surface area contributed by atoms with E-state index in [1.807, 2.05) is 30.5 Å². The summed E-state index contributed by atoms with van der Waals surface area (Å²) in [6.45, 7) is 0.632. The number of nitrogens with zero attached hydrogens (tertiary/aromatic N) is 1. The number of amides is 1. The van der Waals surface area contributed by atoms with Crippen molar-refractivity contribution in [3.63, 3.8) is 0 Å². The van der Waals surface area contributed by atoms with Crippen molar-refractivity contribution in [3.8, 4) is 0 Å². The molecule has 3 nitrogen and oxygen atoms in total. The Morgan fingerprint density at radius 1 is 1.21 bits per heavy atom. The zero-order chi connectivity index (χ0) is 13.5. The zero-order valence-corrected chi connectivity index (χ0v) is 11.6. The largest absolute Gasteiger partial charge is 0.352 e. The minimum absolute atomic E-state index is 0.0731. The van der Waals surface area contributed by atoms with Crippen molar-refractivity contribution in [3.05, 3.63) is 59.8 Å². The normalized spacial score (nSPS) is 10.2. The Balaban J connectivity index is 1.84. The third kappa shape index (κ3) is 4.10. The zero-order valence-electron chi connectivity index (χ0n) is 10.8. The van der Waals surface area contributed by atoms with Crippen molar-refractivity contribution in [1.29, 1.82) is 0 Å². The topological polar surface area (TPSA) is 42.0 Å². The third-order valence-electron chi connectivity index (χ3n) is 2.75. The molecule has 1 amide bonds. The number of benzene rings is 1. The SMILES string of the molecule is CSc1ccc(C(=O)NCCc2ccccc2)cn1. The summed E-state index contributed by atoms with van der Waals surface area (Å²) in [4.78, 5) is 16.1. The van der Waals surface area contributed by atoms with Gasteiger partial charge in [0.25, 0.3) is 5.91 Å². The van der Waals surface area contributed by atoms with Crippen LogP contribution in [-0.2, 0) is 6.42 Å². The van der Waals surface area contributed by atoms with Gasteiger partial charge in [-0.3, -0.25) is 4.79 Å². The molecular formula is C15H16N2OS. The lowest BCUT2D eigenvalue weighted by Crippen LogP contribution is -2.25. The lowest BCUT2D eigenvalue weighted by atomic mass is 10.1. The predicted octanol–water partition coefficient (Wildman–Crippen LogP) is 2.78. The van der Waals surface area contributed by atoms with Crippen LogP contribution in [0.5, 0.6) is 0 Å². The standard InChI is InChI=1S/C15H16N2OS/c1-19-14-8-7-13(11-17-14)15(18)16-10-9-12-5-3-2-4-6-12/h2-8,11H,9-10H2,1H3,(H,16,18). The average Bonchev–Trinajstić information content (AvgIpc) is 2.48. The van der Waals surface area contributed by atoms with Crippen LogP contribution in [0.15, 0.2) is 53.7 Å². The summed E-state index contributed by atoms with van der Waals surface area (Å²) in [7, 11) is 0. The molecule has 0 fully saturated rings.